The molecule has 2 aromatic carbocycles. The molecule has 3 rings (SSSR count). The third-order valence-electron chi connectivity index (χ3n) is 4.21. The number of carbonyl (C=O) groups is 1. The van der Waals surface area contributed by atoms with Crippen LogP contribution >= 0.6 is 0 Å². The number of aromatic nitrogens is 1. The number of allylic oxidation sites excluding steroid dienone is 4. The minimum Gasteiger partial charge on any atom is -0.308 e. The summed E-state index contributed by atoms with van der Waals surface area (Å²) in [5, 5.41) is 5.63. The zero-order chi connectivity index (χ0) is 19.8. The number of amides is 2. The highest BCUT2D eigenvalue weighted by Gasteiger charge is 2.04. The molecule has 1 aromatic heterocycles. The van der Waals surface area contributed by atoms with Gasteiger partial charge < -0.3 is 10.6 Å². The number of hydrogen-bond donors (Lipinski definition) is 2. The SMILES string of the molecule is C/C=C\C=C(/C)c1ccc(-c2ccc(NC(=O)Nc3ccccc3)cc2)cn1. The normalized spacial score (nSPS) is 11.4. The van der Waals surface area contributed by atoms with Gasteiger partial charge >= 0.3 is 6.03 Å². The zero-order valence-electron chi connectivity index (χ0n) is 16.0. The van der Waals surface area contributed by atoms with Crippen molar-refractivity contribution >= 4 is 23.0 Å². The molecule has 140 valence electrons. The lowest BCUT2D eigenvalue weighted by Gasteiger charge is -2.09. The molecule has 4 nitrogen and oxygen atoms in total. The largest absolute Gasteiger partial charge is 0.323 e. The topological polar surface area (TPSA) is 54.0 Å². The summed E-state index contributed by atoms with van der Waals surface area (Å²) >= 11 is 0. The van der Waals surface area contributed by atoms with E-state index in [9.17, 15) is 4.79 Å². The summed E-state index contributed by atoms with van der Waals surface area (Å²) < 4.78 is 0. The fourth-order valence-electron chi connectivity index (χ4n) is 2.68. The van der Waals surface area contributed by atoms with Gasteiger partial charge in [-0.2, -0.15) is 0 Å². The molecule has 0 unspecified atom stereocenters. The van der Waals surface area contributed by atoms with E-state index in [1.54, 1.807) is 0 Å². The molecule has 0 fully saturated rings. The maximum Gasteiger partial charge on any atom is 0.323 e. The van der Waals surface area contributed by atoms with Gasteiger partial charge in [0.05, 0.1) is 5.69 Å². The first-order chi connectivity index (χ1) is 13.7. The van der Waals surface area contributed by atoms with Crippen LogP contribution in [-0.2, 0) is 0 Å². The zero-order valence-corrected chi connectivity index (χ0v) is 16.0. The molecular weight excluding hydrogens is 346 g/mol. The Hall–Kier alpha value is -3.66. The summed E-state index contributed by atoms with van der Waals surface area (Å²) in [5.74, 6) is 0. The number of rotatable bonds is 5. The highest BCUT2D eigenvalue weighted by Crippen LogP contribution is 2.22. The van der Waals surface area contributed by atoms with Crippen molar-refractivity contribution in [3.8, 4) is 11.1 Å². The molecule has 3 aromatic rings. The van der Waals surface area contributed by atoms with E-state index in [0.717, 1.165) is 33.8 Å². The van der Waals surface area contributed by atoms with Gasteiger partial charge in [-0.05, 0) is 55.3 Å². The molecule has 4 heteroatoms. The van der Waals surface area contributed by atoms with Crippen molar-refractivity contribution < 1.29 is 4.79 Å². The molecule has 0 saturated heterocycles. The van der Waals surface area contributed by atoms with E-state index >= 15 is 0 Å². The maximum atomic E-state index is 12.1. The van der Waals surface area contributed by atoms with Gasteiger partial charge in [0, 0.05) is 23.1 Å². The van der Waals surface area contributed by atoms with Crippen molar-refractivity contribution in [3.05, 3.63) is 96.8 Å². The molecule has 2 N–H and O–H groups in total. The van der Waals surface area contributed by atoms with Crippen LogP contribution in [0, 0.1) is 0 Å². The van der Waals surface area contributed by atoms with Crippen LogP contribution in [0.1, 0.15) is 19.5 Å². The van der Waals surface area contributed by atoms with E-state index in [0.29, 0.717) is 0 Å². The third-order valence-corrected chi connectivity index (χ3v) is 4.21. The lowest BCUT2D eigenvalue weighted by Crippen LogP contribution is -2.19. The quantitative estimate of drug-likeness (QED) is 0.513. The van der Waals surface area contributed by atoms with E-state index in [-0.39, 0.29) is 6.03 Å². The fourth-order valence-corrected chi connectivity index (χ4v) is 2.68. The predicted molar refractivity (Wildman–Crippen MR) is 117 cm³/mol. The Labute approximate surface area is 165 Å². The average molecular weight is 369 g/mol. The van der Waals surface area contributed by atoms with Crippen molar-refractivity contribution in [1.29, 1.82) is 0 Å². The monoisotopic (exact) mass is 369 g/mol. The Morgan fingerprint density at radius 1 is 0.857 bits per heavy atom. The Morgan fingerprint density at radius 2 is 1.50 bits per heavy atom. The van der Waals surface area contributed by atoms with E-state index in [4.69, 9.17) is 0 Å². The number of pyridine rings is 1. The molecule has 0 aliphatic carbocycles. The Morgan fingerprint density at radius 3 is 2.11 bits per heavy atom. The first-order valence-electron chi connectivity index (χ1n) is 9.15. The highest BCUT2D eigenvalue weighted by molar-refractivity contribution is 5.99. The predicted octanol–water partition coefficient (Wildman–Crippen LogP) is 6.37. The van der Waals surface area contributed by atoms with Crippen LogP contribution in [0.3, 0.4) is 0 Å². The average Bonchev–Trinajstić information content (AvgIpc) is 2.73. The number of urea groups is 1. The van der Waals surface area contributed by atoms with Gasteiger partial charge in [-0.1, -0.05) is 54.6 Å². The van der Waals surface area contributed by atoms with E-state index in [1.165, 1.54) is 0 Å². The number of hydrogen-bond acceptors (Lipinski definition) is 2. The summed E-state index contributed by atoms with van der Waals surface area (Å²) in [4.78, 5) is 16.6. The first kappa shape index (κ1) is 19.1. The van der Waals surface area contributed by atoms with Crippen LogP contribution in [0.4, 0.5) is 16.2 Å². The molecule has 0 saturated carbocycles. The Kier molecular flexibility index (Phi) is 6.37. The van der Waals surface area contributed by atoms with Crippen molar-refractivity contribution in [1.82, 2.24) is 4.98 Å². The smallest absolute Gasteiger partial charge is 0.308 e. The second-order valence-electron chi connectivity index (χ2n) is 6.33. The Balaban J connectivity index is 1.64. The molecule has 1 heterocycles. The molecule has 0 bridgehead atoms. The molecule has 2 amide bonds. The summed E-state index contributed by atoms with van der Waals surface area (Å²) in [6.45, 7) is 4.03. The lowest BCUT2D eigenvalue weighted by molar-refractivity contribution is 0.262. The van der Waals surface area contributed by atoms with Gasteiger partial charge in [-0.25, -0.2) is 4.79 Å². The molecule has 0 aliphatic heterocycles. The van der Waals surface area contributed by atoms with E-state index in [2.05, 4.69) is 21.7 Å². The van der Waals surface area contributed by atoms with Crippen molar-refractivity contribution in [3.63, 3.8) is 0 Å². The minimum absolute atomic E-state index is 0.270. The third kappa shape index (κ3) is 5.17. The van der Waals surface area contributed by atoms with Gasteiger partial charge in [0.25, 0.3) is 0 Å². The molecule has 28 heavy (non-hydrogen) atoms. The van der Waals surface area contributed by atoms with Gasteiger partial charge in [-0.3, -0.25) is 4.98 Å². The molecule has 0 aliphatic rings. The second kappa shape index (κ2) is 9.33. The number of anilines is 2. The second-order valence-corrected chi connectivity index (χ2v) is 6.33. The minimum atomic E-state index is -0.270. The van der Waals surface area contributed by atoms with Gasteiger partial charge in [0.1, 0.15) is 0 Å². The maximum absolute atomic E-state index is 12.1. The summed E-state index contributed by atoms with van der Waals surface area (Å²) in [6, 6.07) is 20.8. The summed E-state index contributed by atoms with van der Waals surface area (Å²) in [7, 11) is 0. The van der Waals surface area contributed by atoms with Crippen LogP contribution in [0.2, 0.25) is 0 Å². The first-order valence-corrected chi connectivity index (χ1v) is 9.15. The Bertz CT molecular complexity index is 973. The molecule has 0 radical (unpaired) electrons. The van der Waals surface area contributed by atoms with Crippen LogP contribution in [0.15, 0.2) is 91.2 Å². The van der Waals surface area contributed by atoms with Crippen molar-refractivity contribution in [2.45, 2.75) is 13.8 Å². The molecular formula is C24H23N3O. The summed E-state index contributed by atoms with van der Waals surface area (Å²) in [6.07, 6.45) is 7.91. The number of benzene rings is 2. The lowest BCUT2D eigenvalue weighted by atomic mass is 10.1. The standard InChI is InChI=1S/C24H23N3O/c1-3-4-8-18(2)23-16-13-20(17-25-23)19-11-14-22(15-12-19)27-24(28)26-21-9-6-5-7-10-21/h3-17H,1-2H3,(H2,26,27,28)/b4-3-,18-8+. The number of nitrogens with one attached hydrogen (secondary N) is 2. The van der Waals surface area contributed by atoms with Crippen LogP contribution in [0.25, 0.3) is 16.7 Å². The van der Waals surface area contributed by atoms with Crippen LogP contribution in [0.5, 0.6) is 0 Å². The van der Waals surface area contributed by atoms with Crippen molar-refractivity contribution in [2.24, 2.45) is 0 Å². The van der Waals surface area contributed by atoms with Gasteiger partial charge in [0.2, 0.25) is 0 Å². The highest BCUT2D eigenvalue weighted by atomic mass is 16.2. The van der Waals surface area contributed by atoms with E-state index in [1.807, 2.05) is 98.9 Å². The van der Waals surface area contributed by atoms with Crippen LogP contribution in [-0.4, -0.2) is 11.0 Å². The molecule has 0 atom stereocenters. The molecule has 0 spiro atoms. The van der Waals surface area contributed by atoms with Crippen molar-refractivity contribution in [2.75, 3.05) is 10.6 Å². The van der Waals surface area contributed by atoms with Gasteiger partial charge in [0.15, 0.2) is 0 Å². The summed E-state index contributed by atoms with van der Waals surface area (Å²) in [5.41, 5.74) is 5.63. The number of para-hydroxylation sites is 1. The van der Waals surface area contributed by atoms with Crippen LogP contribution < -0.4 is 10.6 Å². The fraction of sp³-hybridized carbons (Fsp3) is 0.0833. The number of nitrogens with zero attached hydrogens (tertiary/aromatic N) is 1. The van der Waals surface area contributed by atoms with E-state index < -0.39 is 0 Å². The van der Waals surface area contributed by atoms with Gasteiger partial charge in [-0.15, -0.1) is 0 Å². The number of carbonyl (C=O) groups excluding carboxylic acids is 1.